The lowest BCUT2D eigenvalue weighted by Crippen LogP contribution is -3.13. The molecule has 4 atom stereocenters. The molecule has 1 saturated carbocycles. The van der Waals surface area contributed by atoms with Gasteiger partial charge >= 0.3 is 0 Å². The van der Waals surface area contributed by atoms with E-state index in [0.717, 1.165) is 35.0 Å². The van der Waals surface area contributed by atoms with E-state index in [9.17, 15) is 15.8 Å². The van der Waals surface area contributed by atoms with E-state index in [2.05, 4.69) is 31.2 Å². The molecular weight excluding hydrogens is 386 g/mol. The average Bonchev–Trinajstić information content (AvgIpc) is 2.82. The molecule has 0 bridgehead atoms. The zero-order valence-electron chi connectivity index (χ0n) is 17.6. The van der Waals surface area contributed by atoms with Crippen LogP contribution in [-0.4, -0.2) is 32.5 Å². The normalized spacial score (nSPS) is 26.7. The Hall–Kier alpha value is -3.66. The van der Waals surface area contributed by atoms with Crippen molar-refractivity contribution < 1.29 is 9.64 Å². The molecule has 6 nitrogen and oxygen atoms in total. The predicted molar refractivity (Wildman–Crippen MR) is 117 cm³/mol. The molecule has 1 heterocycles. The van der Waals surface area contributed by atoms with Gasteiger partial charge in [0.05, 0.1) is 50.7 Å². The van der Waals surface area contributed by atoms with Crippen LogP contribution in [0.4, 0.5) is 0 Å². The first-order valence-corrected chi connectivity index (χ1v) is 10.5. The van der Waals surface area contributed by atoms with Crippen molar-refractivity contribution in [3.63, 3.8) is 0 Å². The van der Waals surface area contributed by atoms with Crippen molar-refractivity contribution >= 4 is 16.5 Å². The molecule has 0 amide bonds. The average molecular weight is 411 g/mol. The summed E-state index contributed by atoms with van der Waals surface area (Å²) in [6, 6.07) is 18.3. The number of hydrogen-bond donors (Lipinski definition) is 2. The van der Waals surface area contributed by atoms with Gasteiger partial charge in [-0.3, -0.25) is 0 Å². The minimum atomic E-state index is -1.74. The third-order valence-corrected chi connectivity index (χ3v) is 6.92. The molecule has 1 aliphatic carbocycles. The number of benzene rings is 2. The Bertz CT molecular complexity index is 1200. The zero-order chi connectivity index (χ0) is 22.2. The summed E-state index contributed by atoms with van der Waals surface area (Å²) in [5.41, 5.74) is -0.220. The molecule has 2 aromatic carbocycles. The first kappa shape index (κ1) is 20.6. The van der Waals surface area contributed by atoms with Gasteiger partial charge in [-0.1, -0.05) is 30.3 Å². The first-order valence-electron chi connectivity index (χ1n) is 10.5. The summed E-state index contributed by atoms with van der Waals surface area (Å²) in [6.45, 7) is 4.49. The Morgan fingerprint density at radius 1 is 1.16 bits per heavy atom. The van der Waals surface area contributed by atoms with Crippen LogP contribution in [0, 0.1) is 56.7 Å². The van der Waals surface area contributed by atoms with E-state index in [0.29, 0.717) is 12.3 Å². The van der Waals surface area contributed by atoms with Crippen molar-refractivity contribution in [2.75, 3.05) is 26.7 Å². The quantitative estimate of drug-likeness (QED) is 0.758. The molecule has 0 radical (unpaired) electrons. The standard InChI is InChI=1S/C25H23N5O/c1-3-30-11-10-18-19(12-26)24(29)25(14-27,15-28)23(20(18)13-30)22-17-7-5-4-6-16(17)8-9-21(22)31-2/h4-10,19-20,23,29H,3,11,13H2,1-2H3/p+1/t19?,20-,23-/m1/s1. The van der Waals surface area contributed by atoms with Gasteiger partial charge in [0.15, 0.2) is 5.41 Å². The van der Waals surface area contributed by atoms with Crippen LogP contribution < -0.4 is 9.64 Å². The minimum Gasteiger partial charge on any atom is -0.496 e. The molecule has 31 heavy (non-hydrogen) atoms. The summed E-state index contributed by atoms with van der Waals surface area (Å²) in [5.74, 6) is -1.06. The highest BCUT2D eigenvalue weighted by molar-refractivity contribution is 6.02. The highest BCUT2D eigenvalue weighted by Gasteiger charge is 2.59. The number of ether oxygens (including phenoxy) is 1. The summed E-state index contributed by atoms with van der Waals surface area (Å²) in [5, 5.41) is 41.2. The largest absolute Gasteiger partial charge is 0.496 e. The van der Waals surface area contributed by atoms with Gasteiger partial charge in [-0.2, -0.15) is 15.8 Å². The van der Waals surface area contributed by atoms with Crippen LogP contribution in [0.15, 0.2) is 48.0 Å². The number of hydrogen-bond acceptors (Lipinski definition) is 5. The molecule has 2 aliphatic rings. The second-order valence-corrected chi connectivity index (χ2v) is 8.21. The molecule has 154 valence electrons. The maximum Gasteiger partial charge on any atom is 0.190 e. The molecule has 0 spiro atoms. The molecular formula is C25H24N5O+. The lowest BCUT2D eigenvalue weighted by molar-refractivity contribution is -0.897. The Morgan fingerprint density at radius 2 is 1.90 bits per heavy atom. The summed E-state index contributed by atoms with van der Waals surface area (Å²) in [7, 11) is 1.58. The Kier molecular flexibility index (Phi) is 5.24. The van der Waals surface area contributed by atoms with Gasteiger partial charge in [0.25, 0.3) is 0 Å². The highest BCUT2D eigenvalue weighted by atomic mass is 16.5. The number of likely N-dealkylation sites (N-methyl/N-ethyl adjacent to an activating group) is 1. The highest BCUT2D eigenvalue weighted by Crippen LogP contribution is 2.55. The van der Waals surface area contributed by atoms with Crippen molar-refractivity contribution in [1.82, 2.24) is 0 Å². The van der Waals surface area contributed by atoms with Gasteiger partial charge in [0.2, 0.25) is 0 Å². The smallest absolute Gasteiger partial charge is 0.190 e. The van der Waals surface area contributed by atoms with Crippen molar-refractivity contribution in [2.45, 2.75) is 12.8 Å². The fraction of sp³-hybridized carbons (Fsp3) is 0.360. The fourth-order valence-corrected chi connectivity index (χ4v) is 5.34. The molecule has 0 saturated heterocycles. The van der Waals surface area contributed by atoms with Gasteiger partial charge in [0, 0.05) is 17.4 Å². The molecule has 6 heteroatoms. The predicted octanol–water partition coefficient (Wildman–Crippen LogP) is 2.60. The monoisotopic (exact) mass is 410 g/mol. The molecule has 2 unspecified atom stereocenters. The van der Waals surface area contributed by atoms with Gasteiger partial charge in [-0.25, -0.2) is 0 Å². The number of nitrogens with zero attached hydrogens (tertiary/aromatic N) is 3. The Morgan fingerprint density at radius 3 is 2.55 bits per heavy atom. The van der Waals surface area contributed by atoms with E-state index < -0.39 is 17.3 Å². The maximum absolute atomic E-state index is 10.3. The van der Waals surface area contributed by atoms with E-state index >= 15 is 0 Å². The van der Waals surface area contributed by atoms with Crippen molar-refractivity contribution in [1.29, 1.82) is 21.2 Å². The topological polar surface area (TPSA) is 109 Å². The Balaban J connectivity index is 2.09. The van der Waals surface area contributed by atoms with Crippen molar-refractivity contribution in [3.05, 3.63) is 53.6 Å². The molecule has 4 rings (SSSR count). The van der Waals surface area contributed by atoms with E-state index in [-0.39, 0.29) is 11.6 Å². The number of nitrogens with one attached hydrogen (secondary N) is 2. The molecule has 0 aromatic heterocycles. The van der Waals surface area contributed by atoms with E-state index in [1.54, 1.807) is 7.11 Å². The molecule has 2 N–H and O–H groups in total. The summed E-state index contributed by atoms with van der Waals surface area (Å²) < 4.78 is 5.73. The minimum absolute atomic E-state index is 0.123. The van der Waals surface area contributed by atoms with Crippen LogP contribution in [0.5, 0.6) is 5.75 Å². The van der Waals surface area contributed by atoms with Crippen LogP contribution in [0.2, 0.25) is 0 Å². The van der Waals surface area contributed by atoms with Crippen molar-refractivity contribution in [2.24, 2.45) is 17.3 Å². The van der Waals surface area contributed by atoms with Crippen LogP contribution in [0.25, 0.3) is 10.8 Å². The van der Waals surface area contributed by atoms with Gasteiger partial charge in [-0.15, -0.1) is 0 Å². The summed E-state index contributed by atoms with van der Waals surface area (Å²) in [4.78, 5) is 1.33. The van der Waals surface area contributed by atoms with Gasteiger partial charge < -0.3 is 15.0 Å². The number of methoxy groups -OCH3 is 1. The number of quaternary nitrogens is 1. The summed E-state index contributed by atoms with van der Waals surface area (Å²) in [6.07, 6.45) is 2.05. The van der Waals surface area contributed by atoms with Gasteiger partial charge in [-0.05, 0) is 35.4 Å². The first-order chi connectivity index (χ1) is 15.1. The molecule has 1 fully saturated rings. The number of nitriles is 3. The van der Waals surface area contributed by atoms with Crippen LogP contribution >= 0.6 is 0 Å². The van der Waals surface area contributed by atoms with Gasteiger partial charge in [0.1, 0.15) is 11.7 Å². The summed E-state index contributed by atoms with van der Waals surface area (Å²) >= 11 is 0. The second-order valence-electron chi connectivity index (χ2n) is 8.21. The van der Waals surface area contributed by atoms with E-state index in [1.165, 1.54) is 4.90 Å². The van der Waals surface area contributed by atoms with Crippen molar-refractivity contribution in [3.8, 4) is 24.0 Å². The lowest BCUT2D eigenvalue weighted by Gasteiger charge is -2.46. The zero-order valence-corrected chi connectivity index (χ0v) is 17.6. The van der Waals surface area contributed by atoms with Crippen LogP contribution in [-0.2, 0) is 0 Å². The van der Waals surface area contributed by atoms with Crippen LogP contribution in [0.3, 0.4) is 0 Å². The van der Waals surface area contributed by atoms with Crippen LogP contribution in [0.1, 0.15) is 18.4 Å². The maximum atomic E-state index is 10.3. The second kappa shape index (κ2) is 7.88. The Labute approximate surface area is 182 Å². The SMILES string of the molecule is CC[NH+]1CC=C2C(C#N)C(=N)C(C#N)(C#N)[C@@H](c3c(OC)ccc4ccccc34)[C@@H]2C1. The third kappa shape index (κ3) is 2.90. The third-order valence-electron chi connectivity index (χ3n) is 6.92. The molecule has 1 aliphatic heterocycles. The number of rotatable bonds is 3. The van der Waals surface area contributed by atoms with E-state index in [4.69, 9.17) is 10.1 Å². The van der Waals surface area contributed by atoms with E-state index in [1.807, 2.05) is 36.4 Å². The lowest BCUT2D eigenvalue weighted by atomic mass is 9.54. The molecule has 2 aromatic rings. The fourth-order valence-electron chi connectivity index (χ4n) is 5.34. The number of fused-ring (bicyclic) bond motifs is 2.